The molecule has 0 spiro atoms. The zero-order valence-corrected chi connectivity index (χ0v) is 23.7. The number of benzene rings is 2. The molecule has 3 heterocycles. The average molecular weight is 552 g/mol. The molecule has 6 rings (SSSR count). The summed E-state index contributed by atoms with van der Waals surface area (Å²) in [7, 11) is 4.23. The van der Waals surface area contributed by atoms with E-state index in [1.165, 1.54) is 4.88 Å². The van der Waals surface area contributed by atoms with Crippen molar-refractivity contribution in [3.05, 3.63) is 100 Å². The number of anilines is 1. The normalized spacial score (nSPS) is 18.5. The summed E-state index contributed by atoms with van der Waals surface area (Å²) in [4.78, 5) is 41.0. The van der Waals surface area contributed by atoms with E-state index in [0.29, 0.717) is 28.8 Å². The van der Waals surface area contributed by atoms with E-state index >= 15 is 0 Å². The van der Waals surface area contributed by atoms with Crippen LogP contribution in [0, 0.1) is 0 Å². The first kappa shape index (κ1) is 26.3. The zero-order valence-electron chi connectivity index (χ0n) is 22.8. The van der Waals surface area contributed by atoms with Crippen molar-refractivity contribution in [3.8, 4) is 11.1 Å². The number of aryl methyl sites for hydroxylation is 1. The van der Waals surface area contributed by atoms with Crippen LogP contribution in [-0.2, 0) is 12.8 Å². The summed E-state index contributed by atoms with van der Waals surface area (Å²) in [6.45, 7) is 0.699. The lowest BCUT2D eigenvalue weighted by Crippen LogP contribution is -2.32. The van der Waals surface area contributed by atoms with Gasteiger partial charge in [-0.05, 0) is 99.3 Å². The number of nitrogens with zero attached hydrogens (tertiary/aromatic N) is 4. The molecule has 8 heteroatoms. The number of hydrogen-bond acceptors (Lipinski definition) is 6. The van der Waals surface area contributed by atoms with Crippen LogP contribution in [0.25, 0.3) is 11.1 Å². The smallest absolute Gasteiger partial charge is 0.257 e. The minimum absolute atomic E-state index is 0.0167. The van der Waals surface area contributed by atoms with E-state index in [4.69, 9.17) is 4.98 Å². The summed E-state index contributed by atoms with van der Waals surface area (Å²) >= 11 is 1.58. The molecular weight excluding hydrogens is 518 g/mol. The van der Waals surface area contributed by atoms with Gasteiger partial charge in [0.1, 0.15) is 0 Å². The third kappa shape index (κ3) is 5.42. The van der Waals surface area contributed by atoms with Crippen LogP contribution >= 0.6 is 11.3 Å². The maximum absolute atomic E-state index is 13.5. The second-order valence-electron chi connectivity index (χ2n) is 10.8. The number of fused-ring (bicyclic) bond motifs is 1. The van der Waals surface area contributed by atoms with Crippen LogP contribution in [0.1, 0.15) is 62.2 Å². The highest BCUT2D eigenvalue weighted by Crippen LogP contribution is 2.35. The first-order chi connectivity index (χ1) is 19.5. The van der Waals surface area contributed by atoms with Gasteiger partial charge >= 0.3 is 0 Å². The van der Waals surface area contributed by atoms with Crippen molar-refractivity contribution in [2.24, 2.45) is 0 Å². The molecule has 0 bridgehead atoms. The number of thiazole rings is 1. The number of pyridine rings is 1. The molecule has 1 aliphatic carbocycles. The molecule has 0 unspecified atom stereocenters. The largest absolute Gasteiger partial charge is 0.332 e. The van der Waals surface area contributed by atoms with E-state index in [1.54, 1.807) is 23.7 Å². The summed E-state index contributed by atoms with van der Waals surface area (Å²) in [6.07, 6.45) is 8.34. The van der Waals surface area contributed by atoms with Crippen LogP contribution in [0.4, 0.5) is 5.13 Å². The van der Waals surface area contributed by atoms with Crippen LogP contribution in [0.3, 0.4) is 0 Å². The lowest BCUT2D eigenvalue weighted by Gasteiger charge is -2.27. The Hall–Kier alpha value is -3.88. The van der Waals surface area contributed by atoms with Gasteiger partial charge in [0.25, 0.3) is 11.8 Å². The number of rotatable bonds is 6. The van der Waals surface area contributed by atoms with Crippen LogP contribution < -0.4 is 5.32 Å². The molecule has 2 atom stereocenters. The monoisotopic (exact) mass is 551 g/mol. The van der Waals surface area contributed by atoms with Gasteiger partial charge in [-0.3, -0.25) is 19.9 Å². The van der Waals surface area contributed by atoms with Crippen molar-refractivity contribution in [1.29, 1.82) is 0 Å². The summed E-state index contributed by atoms with van der Waals surface area (Å²) in [5, 5.41) is 3.69. The van der Waals surface area contributed by atoms with E-state index in [2.05, 4.69) is 29.3 Å². The molecule has 0 saturated carbocycles. The third-order valence-corrected chi connectivity index (χ3v) is 9.09. The topological polar surface area (TPSA) is 78.4 Å². The second-order valence-corrected chi connectivity index (χ2v) is 11.9. The Kier molecular flexibility index (Phi) is 7.45. The molecule has 1 aliphatic heterocycles. The summed E-state index contributed by atoms with van der Waals surface area (Å²) in [5.41, 5.74) is 5.47. The molecule has 1 fully saturated rings. The highest BCUT2D eigenvalue weighted by atomic mass is 32.1. The Morgan fingerprint density at radius 3 is 2.52 bits per heavy atom. The lowest BCUT2D eigenvalue weighted by molar-refractivity contribution is 0.0735. The van der Waals surface area contributed by atoms with Gasteiger partial charge in [-0.25, -0.2) is 4.98 Å². The van der Waals surface area contributed by atoms with Gasteiger partial charge < -0.3 is 9.80 Å². The molecule has 2 amide bonds. The van der Waals surface area contributed by atoms with Crippen molar-refractivity contribution in [3.63, 3.8) is 0 Å². The predicted octanol–water partition coefficient (Wildman–Crippen LogP) is 5.85. The van der Waals surface area contributed by atoms with Crippen molar-refractivity contribution in [2.45, 2.75) is 44.2 Å². The van der Waals surface area contributed by atoms with Crippen molar-refractivity contribution in [2.75, 3.05) is 26.0 Å². The fourth-order valence-electron chi connectivity index (χ4n) is 5.78. The minimum Gasteiger partial charge on any atom is -0.332 e. The molecular formula is C32H33N5O2S. The molecule has 4 aromatic rings. The van der Waals surface area contributed by atoms with Crippen LogP contribution in [-0.4, -0.2) is 58.3 Å². The summed E-state index contributed by atoms with van der Waals surface area (Å²) in [5.74, 6) is -0.150. The van der Waals surface area contributed by atoms with Crippen molar-refractivity contribution < 1.29 is 9.59 Å². The second kappa shape index (κ2) is 11.3. The SMILES string of the molecule is CN(C)[C@H]1CCc2nc(NC(=O)c3cccc([C@H]4CCCN4C(=O)c4ccc(-c5ccncc5)cc4)c3)sc2C1. The molecule has 40 heavy (non-hydrogen) atoms. The quantitative estimate of drug-likeness (QED) is 0.325. The first-order valence-corrected chi connectivity index (χ1v) is 14.7. The number of aromatic nitrogens is 2. The molecule has 204 valence electrons. The number of carbonyl (C=O) groups excluding carboxylic acids is 2. The molecule has 2 aliphatic rings. The lowest BCUT2D eigenvalue weighted by atomic mass is 9.97. The Morgan fingerprint density at radius 1 is 0.975 bits per heavy atom. The van der Waals surface area contributed by atoms with E-state index in [0.717, 1.165) is 54.5 Å². The predicted molar refractivity (Wildman–Crippen MR) is 159 cm³/mol. The van der Waals surface area contributed by atoms with Gasteiger partial charge in [-0.2, -0.15) is 0 Å². The van der Waals surface area contributed by atoms with Gasteiger partial charge in [-0.15, -0.1) is 11.3 Å². The van der Waals surface area contributed by atoms with Crippen LogP contribution in [0.5, 0.6) is 0 Å². The fourth-order valence-corrected chi connectivity index (χ4v) is 6.85. The summed E-state index contributed by atoms with van der Waals surface area (Å²) < 4.78 is 0. The maximum Gasteiger partial charge on any atom is 0.257 e. The van der Waals surface area contributed by atoms with Gasteiger partial charge in [0.2, 0.25) is 0 Å². The zero-order chi connectivity index (χ0) is 27.6. The minimum atomic E-state index is -0.167. The van der Waals surface area contributed by atoms with Crippen molar-refractivity contribution >= 4 is 28.3 Å². The fraction of sp³-hybridized carbons (Fsp3) is 0.312. The molecule has 7 nitrogen and oxygen atoms in total. The van der Waals surface area contributed by atoms with Gasteiger partial charge in [-0.1, -0.05) is 24.3 Å². The standard InChI is InChI=1S/C32H33N5O2S/c1-36(2)26-12-13-27-29(20-26)40-32(34-27)35-30(38)25-6-3-5-24(19-25)28-7-4-18-37(28)31(39)23-10-8-21(9-11-23)22-14-16-33-17-15-22/h3,5-6,8-11,14-17,19,26,28H,4,7,12-13,18,20H2,1-2H3,(H,34,35,38)/t26-,28+/m0/s1. The van der Waals surface area contributed by atoms with Gasteiger partial charge in [0, 0.05) is 41.0 Å². The number of hydrogen-bond donors (Lipinski definition) is 1. The average Bonchev–Trinajstić information content (AvgIpc) is 3.64. The number of likely N-dealkylation sites (tertiary alicyclic amines) is 1. The number of likely N-dealkylation sites (N-methyl/N-ethyl adjacent to an activating group) is 1. The van der Waals surface area contributed by atoms with Gasteiger partial charge in [0.15, 0.2) is 5.13 Å². The van der Waals surface area contributed by atoms with E-state index in [1.807, 2.05) is 65.6 Å². The molecule has 1 N–H and O–H groups in total. The molecule has 0 radical (unpaired) electrons. The molecule has 2 aromatic carbocycles. The van der Waals surface area contributed by atoms with Crippen molar-refractivity contribution in [1.82, 2.24) is 19.8 Å². The number of nitrogens with one attached hydrogen (secondary N) is 1. The number of carbonyl (C=O) groups is 2. The highest BCUT2D eigenvalue weighted by Gasteiger charge is 2.31. The Morgan fingerprint density at radius 2 is 1.75 bits per heavy atom. The van der Waals surface area contributed by atoms with E-state index in [-0.39, 0.29) is 17.9 Å². The van der Waals surface area contributed by atoms with Crippen LogP contribution in [0.2, 0.25) is 0 Å². The molecule has 2 aromatic heterocycles. The number of amides is 2. The summed E-state index contributed by atoms with van der Waals surface area (Å²) in [6, 6.07) is 19.8. The highest BCUT2D eigenvalue weighted by molar-refractivity contribution is 7.15. The van der Waals surface area contributed by atoms with Gasteiger partial charge in [0.05, 0.1) is 11.7 Å². The Labute approximate surface area is 238 Å². The third-order valence-electron chi connectivity index (χ3n) is 8.06. The Bertz CT molecular complexity index is 1520. The van der Waals surface area contributed by atoms with E-state index < -0.39 is 0 Å². The maximum atomic E-state index is 13.5. The first-order valence-electron chi connectivity index (χ1n) is 13.8. The van der Waals surface area contributed by atoms with E-state index in [9.17, 15) is 9.59 Å². The Balaban J connectivity index is 1.15. The van der Waals surface area contributed by atoms with Crippen LogP contribution in [0.15, 0.2) is 73.1 Å². The molecule has 1 saturated heterocycles.